The van der Waals surface area contributed by atoms with Crippen molar-refractivity contribution < 1.29 is 39.8 Å². The summed E-state index contributed by atoms with van der Waals surface area (Å²) in [6.07, 6.45) is 80.3. The molecule has 85 heavy (non-hydrogen) atoms. The minimum atomic E-state index is -1.57. The van der Waals surface area contributed by atoms with Crippen LogP contribution >= 0.6 is 0 Å². The van der Waals surface area contributed by atoms with E-state index in [0.29, 0.717) is 6.42 Å². The van der Waals surface area contributed by atoms with E-state index < -0.39 is 49.5 Å². The monoisotopic (exact) mass is 1200 g/mol. The number of aliphatic hydroxyl groups excluding tert-OH is 5. The fourth-order valence-corrected chi connectivity index (χ4v) is 12.6. The summed E-state index contributed by atoms with van der Waals surface area (Å²) < 4.78 is 11.3. The zero-order valence-electron chi connectivity index (χ0n) is 56.7. The number of hydrogen-bond acceptors (Lipinski definition) is 8. The molecule has 0 bridgehead atoms. The third-order valence-electron chi connectivity index (χ3n) is 18.5. The van der Waals surface area contributed by atoms with E-state index in [1.807, 2.05) is 6.08 Å². The lowest BCUT2D eigenvalue weighted by Crippen LogP contribution is -2.60. The number of carbonyl (C=O) groups is 1. The quantitative estimate of drug-likeness (QED) is 0.0261. The van der Waals surface area contributed by atoms with Gasteiger partial charge in [-0.2, -0.15) is 0 Å². The van der Waals surface area contributed by atoms with Crippen LogP contribution in [-0.2, 0) is 14.3 Å². The first kappa shape index (κ1) is 81.7. The first-order valence-corrected chi connectivity index (χ1v) is 38.1. The van der Waals surface area contributed by atoms with E-state index in [2.05, 4.69) is 31.3 Å². The molecular formula is C76H147NO8. The van der Waals surface area contributed by atoms with Crippen molar-refractivity contribution in [1.29, 1.82) is 0 Å². The summed E-state index contributed by atoms with van der Waals surface area (Å²) in [5.41, 5.74) is 0. The smallest absolute Gasteiger partial charge is 0.220 e. The van der Waals surface area contributed by atoms with Gasteiger partial charge in [0.2, 0.25) is 5.91 Å². The van der Waals surface area contributed by atoms with E-state index in [4.69, 9.17) is 9.47 Å². The van der Waals surface area contributed by atoms with Gasteiger partial charge in [-0.3, -0.25) is 4.79 Å². The van der Waals surface area contributed by atoms with Crippen molar-refractivity contribution >= 4 is 5.91 Å². The van der Waals surface area contributed by atoms with Crippen LogP contribution in [0.25, 0.3) is 0 Å². The normalized spacial score (nSPS) is 18.1. The van der Waals surface area contributed by atoms with E-state index in [-0.39, 0.29) is 12.5 Å². The average Bonchev–Trinajstić information content (AvgIpc) is 3.66. The third-order valence-corrected chi connectivity index (χ3v) is 18.5. The number of nitrogens with one attached hydrogen (secondary N) is 1. The van der Waals surface area contributed by atoms with Gasteiger partial charge in [-0.05, 0) is 44.9 Å². The van der Waals surface area contributed by atoms with Crippen LogP contribution in [0.3, 0.4) is 0 Å². The summed E-state index contributed by atoms with van der Waals surface area (Å²) in [7, 11) is 0. The second-order valence-corrected chi connectivity index (χ2v) is 26.8. The van der Waals surface area contributed by atoms with Gasteiger partial charge in [0, 0.05) is 6.42 Å². The van der Waals surface area contributed by atoms with Gasteiger partial charge >= 0.3 is 0 Å². The summed E-state index contributed by atoms with van der Waals surface area (Å²) in [6.45, 7) is 3.85. The molecule has 1 aliphatic rings. The fourth-order valence-electron chi connectivity index (χ4n) is 12.6. The lowest BCUT2D eigenvalue weighted by molar-refractivity contribution is -0.302. The standard InChI is InChI=1S/C76H147NO8/c1-3-5-7-9-11-13-15-17-19-21-23-25-27-28-29-30-31-32-33-34-35-36-37-38-39-40-41-42-44-46-48-50-52-54-56-58-60-62-64-66-72(80)77-69(68-84-76-75(83)74(82)73(81)71(67-78)85-76)70(79)65-63-61-59-57-55-53-51-49-47-45-43-26-24-22-20-18-16-14-12-10-8-6-4-2/h34-35,63,65,69-71,73-76,78-79,81-83H,3-33,36-62,64,66-68H2,1-2H3,(H,77,80)/b35-34-,65-63+. The molecule has 0 aromatic heterocycles. The highest BCUT2D eigenvalue weighted by atomic mass is 16.7. The molecule has 0 aliphatic carbocycles. The first-order chi connectivity index (χ1) is 41.8. The molecule has 0 radical (unpaired) electrons. The molecule has 9 heteroatoms. The van der Waals surface area contributed by atoms with Gasteiger partial charge in [0.25, 0.3) is 0 Å². The number of aliphatic hydroxyl groups is 5. The number of carbonyl (C=O) groups excluding carboxylic acids is 1. The maximum absolute atomic E-state index is 13.1. The van der Waals surface area contributed by atoms with Crippen LogP contribution in [0.2, 0.25) is 0 Å². The molecule has 7 unspecified atom stereocenters. The summed E-state index contributed by atoms with van der Waals surface area (Å²) in [6, 6.07) is -0.804. The molecule has 1 fully saturated rings. The van der Waals surface area contributed by atoms with Gasteiger partial charge in [0.1, 0.15) is 24.4 Å². The van der Waals surface area contributed by atoms with Crippen molar-refractivity contribution in [1.82, 2.24) is 5.32 Å². The van der Waals surface area contributed by atoms with Crippen molar-refractivity contribution in [3.8, 4) is 0 Å². The Balaban J connectivity index is 2.05. The molecule has 0 aromatic carbocycles. The van der Waals surface area contributed by atoms with Crippen LogP contribution in [0, 0.1) is 0 Å². The van der Waals surface area contributed by atoms with Crippen LogP contribution in [-0.4, -0.2) is 87.5 Å². The summed E-state index contributed by atoms with van der Waals surface area (Å²) in [4.78, 5) is 13.1. The molecule has 1 heterocycles. The number of ether oxygens (including phenoxy) is 2. The van der Waals surface area contributed by atoms with Gasteiger partial charge in [-0.15, -0.1) is 0 Å². The molecular weight excluding hydrogens is 1050 g/mol. The maximum atomic E-state index is 13.1. The molecule has 504 valence electrons. The topological polar surface area (TPSA) is 149 Å². The zero-order chi connectivity index (χ0) is 61.4. The number of hydrogen-bond donors (Lipinski definition) is 6. The molecule has 0 aromatic rings. The SMILES string of the molecule is CCCCCCCCCCCCCCCCCCCC/C=C\CCCCCCCCCCCCCCCCCCCC(=O)NC(COC1OC(CO)C(O)C(O)C1O)C(O)/C=C/CCCCCCCCCCCCCCCCCCCCCCC. The largest absolute Gasteiger partial charge is 0.394 e. The van der Waals surface area contributed by atoms with Gasteiger partial charge in [-0.25, -0.2) is 0 Å². The number of unbranched alkanes of at least 4 members (excludes halogenated alkanes) is 56. The van der Waals surface area contributed by atoms with Crippen molar-refractivity contribution in [2.75, 3.05) is 13.2 Å². The third kappa shape index (κ3) is 54.2. The van der Waals surface area contributed by atoms with Gasteiger partial charge in [-0.1, -0.05) is 372 Å². The second kappa shape index (κ2) is 65.6. The van der Waals surface area contributed by atoms with Crippen molar-refractivity contribution in [3.63, 3.8) is 0 Å². The Morgan fingerprint density at radius 2 is 0.659 bits per heavy atom. The minimum Gasteiger partial charge on any atom is -0.394 e. The lowest BCUT2D eigenvalue weighted by Gasteiger charge is -2.40. The van der Waals surface area contributed by atoms with Crippen LogP contribution in [0.5, 0.6) is 0 Å². The zero-order valence-corrected chi connectivity index (χ0v) is 56.7. The van der Waals surface area contributed by atoms with E-state index >= 15 is 0 Å². The predicted octanol–water partition coefficient (Wildman–Crippen LogP) is 21.2. The van der Waals surface area contributed by atoms with E-state index in [9.17, 15) is 30.3 Å². The Hall–Kier alpha value is -1.33. The lowest BCUT2D eigenvalue weighted by atomic mass is 9.99. The van der Waals surface area contributed by atoms with Crippen molar-refractivity contribution in [2.24, 2.45) is 0 Å². The molecule has 9 nitrogen and oxygen atoms in total. The van der Waals surface area contributed by atoms with E-state index in [1.165, 1.54) is 340 Å². The maximum Gasteiger partial charge on any atom is 0.220 e. The Morgan fingerprint density at radius 1 is 0.388 bits per heavy atom. The van der Waals surface area contributed by atoms with Crippen LogP contribution in [0.1, 0.15) is 399 Å². The first-order valence-electron chi connectivity index (χ1n) is 38.1. The van der Waals surface area contributed by atoms with Gasteiger partial charge in [0.05, 0.1) is 25.4 Å². The molecule has 1 saturated heterocycles. The van der Waals surface area contributed by atoms with Crippen LogP contribution < -0.4 is 5.32 Å². The van der Waals surface area contributed by atoms with Crippen LogP contribution in [0.4, 0.5) is 0 Å². The van der Waals surface area contributed by atoms with Gasteiger partial charge in [0.15, 0.2) is 6.29 Å². The molecule has 0 saturated carbocycles. The average molecular weight is 1200 g/mol. The molecule has 0 spiro atoms. The number of amides is 1. The minimum absolute atomic E-state index is 0.168. The Bertz CT molecular complexity index is 1390. The van der Waals surface area contributed by atoms with E-state index in [1.54, 1.807) is 6.08 Å². The highest BCUT2D eigenvalue weighted by Gasteiger charge is 2.44. The van der Waals surface area contributed by atoms with Crippen LogP contribution in [0.15, 0.2) is 24.3 Å². The fraction of sp³-hybridized carbons (Fsp3) is 0.934. The van der Waals surface area contributed by atoms with E-state index in [0.717, 1.165) is 38.5 Å². The molecule has 1 aliphatic heterocycles. The molecule has 1 rings (SSSR count). The molecule has 7 atom stereocenters. The summed E-state index contributed by atoms with van der Waals surface area (Å²) >= 11 is 0. The Kier molecular flexibility index (Phi) is 63.1. The highest BCUT2D eigenvalue weighted by molar-refractivity contribution is 5.76. The number of rotatable bonds is 68. The summed E-state index contributed by atoms with van der Waals surface area (Å²) in [5, 5.41) is 54.8. The predicted molar refractivity (Wildman–Crippen MR) is 364 cm³/mol. The summed E-state index contributed by atoms with van der Waals surface area (Å²) in [5.74, 6) is -0.168. The highest BCUT2D eigenvalue weighted by Crippen LogP contribution is 2.24. The van der Waals surface area contributed by atoms with Gasteiger partial charge < -0.3 is 40.3 Å². The molecule has 1 amide bonds. The Labute approximate surface area is 528 Å². The molecule has 6 N–H and O–H groups in total. The Morgan fingerprint density at radius 3 is 0.953 bits per heavy atom. The second-order valence-electron chi connectivity index (χ2n) is 26.8. The van der Waals surface area contributed by atoms with Crippen molar-refractivity contribution in [2.45, 2.75) is 442 Å². The van der Waals surface area contributed by atoms with Crippen molar-refractivity contribution in [3.05, 3.63) is 24.3 Å². The number of allylic oxidation sites excluding steroid dienone is 3.